The minimum absolute atomic E-state index is 0.513. The van der Waals surface area contributed by atoms with Crippen LogP contribution >= 0.6 is 0 Å². The van der Waals surface area contributed by atoms with E-state index >= 15 is 0 Å². The van der Waals surface area contributed by atoms with Crippen LogP contribution in [0.25, 0.3) is 0 Å². The number of carboxylic acids is 1. The standard InChI is InChI=1S/C12H15NO4/c14-10(11(15)12(16)17)9-3-1-2-7-6-13-5-4-8(7)9/h1-3,10-11,13-15H,4-6H2,(H,16,17). The molecular formula is C12H15NO4. The molecule has 1 aliphatic heterocycles. The molecule has 0 saturated carbocycles. The fourth-order valence-electron chi connectivity index (χ4n) is 2.14. The number of aliphatic hydroxyl groups excluding tert-OH is 2. The number of aliphatic carboxylic acids is 1. The predicted molar refractivity (Wildman–Crippen MR) is 60.5 cm³/mol. The quantitative estimate of drug-likeness (QED) is 0.585. The van der Waals surface area contributed by atoms with E-state index in [1.54, 1.807) is 12.1 Å². The Kier molecular flexibility index (Phi) is 3.42. The van der Waals surface area contributed by atoms with Gasteiger partial charge in [-0.2, -0.15) is 0 Å². The number of hydrogen-bond donors (Lipinski definition) is 4. The summed E-state index contributed by atoms with van der Waals surface area (Å²) < 4.78 is 0. The summed E-state index contributed by atoms with van der Waals surface area (Å²) in [5, 5.41) is 31.1. The number of fused-ring (bicyclic) bond motifs is 1. The molecule has 1 aliphatic rings. The third-order valence-electron chi connectivity index (χ3n) is 3.05. The molecule has 1 heterocycles. The molecule has 0 amide bonds. The first kappa shape index (κ1) is 12.0. The maximum atomic E-state index is 10.7. The third-order valence-corrected chi connectivity index (χ3v) is 3.05. The van der Waals surface area contributed by atoms with Crippen LogP contribution in [0.15, 0.2) is 18.2 Å². The van der Waals surface area contributed by atoms with Crippen molar-refractivity contribution in [2.24, 2.45) is 0 Å². The van der Waals surface area contributed by atoms with Crippen LogP contribution in [0.3, 0.4) is 0 Å². The largest absolute Gasteiger partial charge is 0.479 e. The Morgan fingerprint density at radius 2 is 2.12 bits per heavy atom. The average Bonchev–Trinajstić information content (AvgIpc) is 2.36. The summed E-state index contributed by atoms with van der Waals surface area (Å²) in [6.45, 7) is 1.50. The van der Waals surface area contributed by atoms with Crippen molar-refractivity contribution in [1.82, 2.24) is 5.32 Å². The van der Waals surface area contributed by atoms with Crippen LogP contribution in [0.4, 0.5) is 0 Å². The molecule has 92 valence electrons. The SMILES string of the molecule is O=C(O)C(O)C(O)c1cccc2c1CCNC2. The van der Waals surface area contributed by atoms with Gasteiger partial charge in [0, 0.05) is 6.54 Å². The number of rotatable bonds is 3. The van der Waals surface area contributed by atoms with E-state index in [0.29, 0.717) is 12.1 Å². The molecule has 2 rings (SSSR count). The van der Waals surface area contributed by atoms with Gasteiger partial charge in [0.05, 0.1) is 0 Å². The van der Waals surface area contributed by atoms with Gasteiger partial charge in [-0.05, 0) is 29.7 Å². The highest BCUT2D eigenvalue weighted by molar-refractivity contribution is 5.73. The van der Waals surface area contributed by atoms with Crippen LogP contribution in [-0.4, -0.2) is 33.9 Å². The van der Waals surface area contributed by atoms with Crippen molar-refractivity contribution < 1.29 is 20.1 Å². The molecule has 0 bridgehead atoms. The van der Waals surface area contributed by atoms with Crippen molar-refractivity contribution in [1.29, 1.82) is 0 Å². The van der Waals surface area contributed by atoms with E-state index < -0.39 is 18.2 Å². The number of benzene rings is 1. The molecule has 2 unspecified atom stereocenters. The molecule has 2 atom stereocenters. The van der Waals surface area contributed by atoms with E-state index in [0.717, 1.165) is 24.1 Å². The zero-order chi connectivity index (χ0) is 12.4. The van der Waals surface area contributed by atoms with Crippen molar-refractivity contribution in [3.8, 4) is 0 Å². The van der Waals surface area contributed by atoms with Gasteiger partial charge in [0.2, 0.25) is 0 Å². The average molecular weight is 237 g/mol. The highest BCUT2D eigenvalue weighted by atomic mass is 16.4. The summed E-state index contributed by atoms with van der Waals surface area (Å²) in [6, 6.07) is 5.37. The Labute approximate surface area is 98.7 Å². The van der Waals surface area contributed by atoms with Gasteiger partial charge in [0.25, 0.3) is 0 Å². The monoisotopic (exact) mass is 237 g/mol. The molecule has 4 N–H and O–H groups in total. The van der Waals surface area contributed by atoms with E-state index in [9.17, 15) is 15.0 Å². The fraction of sp³-hybridized carbons (Fsp3) is 0.417. The first-order valence-corrected chi connectivity index (χ1v) is 5.51. The molecule has 5 nitrogen and oxygen atoms in total. The van der Waals surface area contributed by atoms with Gasteiger partial charge < -0.3 is 20.6 Å². The van der Waals surface area contributed by atoms with Gasteiger partial charge in [0.15, 0.2) is 6.10 Å². The van der Waals surface area contributed by atoms with E-state index in [1.165, 1.54) is 0 Å². The molecule has 17 heavy (non-hydrogen) atoms. The Hall–Kier alpha value is -1.43. The molecule has 0 radical (unpaired) electrons. The Bertz CT molecular complexity index is 433. The van der Waals surface area contributed by atoms with Gasteiger partial charge in [-0.25, -0.2) is 4.79 Å². The van der Waals surface area contributed by atoms with Crippen molar-refractivity contribution in [3.05, 3.63) is 34.9 Å². The lowest BCUT2D eigenvalue weighted by molar-refractivity contribution is -0.153. The summed E-state index contributed by atoms with van der Waals surface area (Å²) >= 11 is 0. The Morgan fingerprint density at radius 1 is 1.35 bits per heavy atom. The molecule has 0 aliphatic carbocycles. The van der Waals surface area contributed by atoms with Gasteiger partial charge in [-0.3, -0.25) is 0 Å². The third kappa shape index (κ3) is 2.31. The normalized spacial score (nSPS) is 18.2. The number of carbonyl (C=O) groups is 1. The lowest BCUT2D eigenvalue weighted by Crippen LogP contribution is -2.30. The van der Waals surface area contributed by atoms with Crippen LogP contribution in [0.1, 0.15) is 22.8 Å². The van der Waals surface area contributed by atoms with Crippen LogP contribution in [0, 0.1) is 0 Å². The maximum Gasteiger partial charge on any atom is 0.335 e. The van der Waals surface area contributed by atoms with Crippen LogP contribution in [0.5, 0.6) is 0 Å². The van der Waals surface area contributed by atoms with Crippen molar-refractivity contribution in [2.75, 3.05) is 6.54 Å². The first-order valence-electron chi connectivity index (χ1n) is 5.51. The van der Waals surface area contributed by atoms with Crippen LogP contribution in [-0.2, 0) is 17.8 Å². The second-order valence-electron chi connectivity index (χ2n) is 4.14. The lowest BCUT2D eigenvalue weighted by atomic mass is 9.91. The molecule has 0 fully saturated rings. The smallest absolute Gasteiger partial charge is 0.335 e. The molecular weight excluding hydrogens is 222 g/mol. The van der Waals surface area contributed by atoms with Crippen molar-refractivity contribution in [3.63, 3.8) is 0 Å². The molecule has 5 heteroatoms. The fourth-order valence-corrected chi connectivity index (χ4v) is 2.14. The zero-order valence-electron chi connectivity index (χ0n) is 9.26. The van der Waals surface area contributed by atoms with Gasteiger partial charge in [0.1, 0.15) is 6.10 Å². The van der Waals surface area contributed by atoms with Gasteiger partial charge in [-0.15, -0.1) is 0 Å². The molecule has 1 aromatic rings. The van der Waals surface area contributed by atoms with E-state index in [4.69, 9.17) is 5.11 Å². The summed E-state index contributed by atoms with van der Waals surface area (Å²) in [4.78, 5) is 10.7. The lowest BCUT2D eigenvalue weighted by Gasteiger charge is -2.24. The summed E-state index contributed by atoms with van der Waals surface area (Å²) in [5.41, 5.74) is 2.50. The number of carboxylic acid groups (broad SMARTS) is 1. The number of nitrogens with one attached hydrogen (secondary N) is 1. The molecule has 0 aromatic heterocycles. The minimum Gasteiger partial charge on any atom is -0.479 e. The number of aliphatic hydroxyl groups is 2. The van der Waals surface area contributed by atoms with Gasteiger partial charge in [-0.1, -0.05) is 18.2 Å². The van der Waals surface area contributed by atoms with Crippen LogP contribution < -0.4 is 5.32 Å². The highest BCUT2D eigenvalue weighted by Crippen LogP contribution is 2.26. The first-order chi connectivity index (χ1) is 8.11. The Morgan fingerprint density at radius 3 is 2.82 bits per heavy atom. The zero-order valence-corrected chi connectivity index (χ0v) is 9.26. The van der Waals surface area contributed by atoms with Crippen molar-refractivity contribution in [2.45, 2.75) is 25.2 Å². The van der Waals surface area contributed by atoms with E-state index in [-0.39, 0.29) is 0 Å². The summed E-state index contributed by atoms with van der Waals surface area (Å²) in [6.07, 6.45) is -2.42. The molecule has 0 saturated heterocycles. The summed E-state index contributed by atoms with van der Waals surface area (Å²) in [7, 11) is 0. The second-order valence-corrected chi connectivity index (χ2v) is 4.14. The Balaban J connectivity index is 2.35. The molecule has 1 aromatic carbocycles. The highest BCUT2D eigenvalue weighted by Gasteiger charge is 2.28. The van der Waals surface area contributed by atoms with Gasteiger partial charge >= 0.3 is 5.97 Å². The van der Waals surface area contributed by atoms with E-state index in [2.05, 4.69) is 5.32 Å². The van der Waals surface area contributed by atoms with E-state index in [1.807, 2.05) is 6.07 Å². The number of hydrogen-bond acceptors (Lipinski definition) is 4. The van der Waals surface area contributed by atoms with Crippen molar-refractivity contribution >= 4 is 5.97 Å². The van der Waals surface area contributed by atoms with Crippen LogP contribution in [0.2, 0.25) is 0 Å². The minimum atomic E-state index is -1.78. The molecule has 0 spiro atoms. The predicted octanol–water partition coefficient (Wildman–Crippen LogP) is -0.189. The summed E-state index contributed by atoms with van der Waals surface area (Å²) in [5.74, 6) is -1.41. The maximum absolute atomic E-state index is 10.7. The second kappa shape index (κ2) is 4.83. The topological polar surface area (TPSA) is 89.8 Å².